The summed E-state index contributed by atoms with van der Waals surface area (Å²) in [5.41, 5.74) is 3.47. The molecule has 0 aliphatic rings. The summed E-state index contributed by atoms with van der Waals surface area (Å²) in [5.74, 6) is 0. The molecule has 0 unspecified atom stereocenters. The fraction of sp³-hybridized carbons (Fsp3) is 0.267. The van der Waals surface area contributed by atoms with E-state index in [0.29, 0.717) is 6.54 Å². The Balaban J connectivity index is 2.02. The molecule has 0 amide bonds. The van der Waals surface area contributed by atoms with Crippen molar-refractivity contribution in [3.63, 3.8) is 0 Å². The highest BCUT2D eigenvalue weighted by Crippen LogP contribution is 2.13. The van der Waals surface area contributed by atoms with Crippen LogP contribution in [0.5, 0.6) is 0 Å². The normalized spacial score (nSPS) is 12.3. The Hall–Kier alpha value is -1.71. The van der Waals surface area contributed by atoms with Crippen molar-refractivity contribution >= 4 is 0 Å². The van der Waals surface area contributed by atoms with Crippen molar-refractivity contribution in [3.05, 3.63) is 65.5 Å². The zero-order chi connectivity index (χ0) is 12.8. The van der Waals surface area contributed by atoms with Gasteiger partial charge in [-0.1, -0.05) is 30.3 Å². The number of nitrogens with one attached hydrogen (secondary N) is 1. The average molecular weight is 242 g/mol. The lowest BCUT2D eigenvalue weighted by Crippen LogP contribution is -2.24. The molecule has 0 aliphatic heterocycles. The Morgan fingerprint density at radius 1 is 1.22 bits per heavy atom. The number of pyridine rings is 1. The Morgan fingerprint density at radius 2 is 2.00 bits per heavy atom. The molecular formula is C15H18N2O. The van der Waals surface area contributed by atoms with E-state index >= 15 is 0 Å². The second-order valence-electron chi connectivity index (χ2n) is 4.33. The second kappa shape index (κ2) is 6.28. The Bertz CT molecular complexity index is 485. The van der Waals surface area contributed by atoms with E-state index in [1.54, 1.807) is 6.20 Å². The third-order valence-corrected chi connectivity index (χ3v) is 3.07. The summed E-state index contributed by atoms with van der Waals surface area (Å²) in [4.78, 5) is 4.12. The SMILES string of the molecule is Cc1ccncc1CN[C@H](CO)c1ccccc1. The lowest BCUT2D eigenvalue weighted by Gasteiger charge is -2.17. The molecule has 2 aromatic rings. The first-order valence-corrected chi connectivity index (χ1v) is 6.10. The monoisotopic (exact) mass is 242 g/mol. The minimum atomic E-state index is -0.0363. The summed E-state index contributed by atoms with van der Waals surface area (Å²) in [7, 11) is 0. The first kappa shape index (κ1) is 12.7. The molecule has 2 rings (SSSR count). The quantitative estimate of drug-likeness (QED) is 0.845. The van der Waals surface area contributed by atoms with Gasteiger partial charge in [-0.3, -0.25) is 4.98 Å². The molecule has 94 valence electrons. The maximum Gasteiger partial charge on any atom is 0.0626 e. The number of aromatic nitrogens is 1. The van der Waals surface area contributed by atoms with E-state index in [4.69, 9.17) is 0 Å². The largest absolute Gasteiger partial charge is 0.394 e. The van der Waals surface area contributed by atoms with Crippen molar-refractivity contribution in [1.82, 2.24) is 10.3 Å². The van der Waals surface area contributed by atoms with Crippen LogP contribution in [0.4, 0.5) is 0 Å². The zero-order valence-electron chi connectivity index (χ0n) is 10.5. The number of aliphatic hydroxyl groups excluding tert-OH is 1. The van der Waals surface area contributed by atoms with Crippen molar-refractivity contribution in [2.45, 2.75) is 19.5 Å². The maximum atomic E-state index is 9.45. The van der Waals surface area contributed by atoms with Crippen LogP contribution in [-0.4, -0.2) is 16.7 Å². The molecule has 1 aromatic heterocycles. The summed E-state index contributed by atoms with van der Waals surface area (Å²) >= 11 is 0. The van der Waals surface area contributed by atoms with Crippen LogP contribution in [0.1, 0.15) is 22.7 Å². The molecular weight excluding hydrogens is 224 g/mol. The molecule has 0 aliphatic carbocycles. The van der Waals surface area contributed by atoms with E-state index in [-0.39, 0.29) is 12.6 Å². The van der Waals surface area contributed by atoms with Crippen molar-refractivity contribution in [2.24, 2.45) is 0 Å². The maximum absolute atomic E-state index is 9.45. The second-order valence-corrected chi connectivity index (χ2v) is 4.33. The van der Waals surface area contributed by atoms with Crippen molar-refractivity contribution in [2.75, 3.05) is 6.61 Å². The van der Waals surface area contributed by atoms with E-state index < -0.39 is 0 Å². The van der Waals surface area contributed by atoms with E-state index in [9.17, 15) is 5.11 Å². The predicted molar refractivity (Wildman–Crippen MR) is 72.1 cm³/mol. The van der Waals surface area contributed by atoms with Gasteiger partial charge in [0.25, 0.3) is 0 Å². The van der Waals surface area contributed by atoms with Gasteiger partial charge in [-0.05, 0) is 29.7 Å². The van der Waals surface area contributed by atoms with Crippen LogP contribution in [0.2, 0.25) is 0 Å². The Kier molecular flexibility index (Phi) is 4.45. The lowest BCUT2D eigenvalue weighted by atomic mass is 10.1. The molecule has 3 heteroatoms. The number of nitrogens with zero attached hydrogens (tertiary/aromatic N) is 1. The van der Waals surface area contributed by atoms with Crippen LogP contribution in [0.25, 0.3) is 0 Å². The summed E-state index contributed by atoms with van der Waals surface area (Å²) in [6, 6.07) is 11.9. The summed E-state index contributed by atoms with van der Waals surface area (Å²) in [6.45, 7) is 2.86. The first-order chi connectivity index (χ1) is 8.81. The summed E-state index contributed by atoms with van der Waals surface area (Å²) in [5, 5.41) is 12.8. The molecule has 0 fully saturated rings. The van der Waals surface area contributed by atoms with Gasteiger partial charge in [-0.2, -0.15) is 0 Å². The molecule has 0 radical (unpaired) electrons. The van der Waals surface area contributed by atoms with E-state index in [1.165, 1.54) is 5.56 Å². The topological polar surface area (TPSA) is 45.2 Å². The predicted octanol–water partition coefficient (Wildman–Crippen LogP) is 2.21. The summed E-state index contributed by atoms with van der Waals surface area (Å²) < 4.78 is 0. The van der Waals surface area contributed by atoms with Crippen LogP contribution in [0.3, 0.4) is 0 Å². The Labute approximate surface area is 108 Å². The first-order valence-electron chi connectivity index (χ1n) is 6.10. The number of hydrogen-bond acceptors (Lipinski definition) is 3. The van der Waals surface area contributed by atoms with Crippen molar-refractivity contribution in [3.8, 4) is 0 Å². The zero-order valence-corrected chi connectivity index (χ0v) is 10.5. The molecule has 0 bridgehead atoms. The summed E-state index contributed by atoms with van der Waals surface area (Å²) in [6.07, 6.45) is 3.65. The molecule has 3 nitrogen and oxygen atoms in total. The minimum Gasteiger partial charge on any atom is -0.394 e. The van der Waals surface area contributed by atoms with Crippen molar-refractivity contribution < 1.29 is 5.11 Å². The molecule has 0 spiro atoms. The molecule has 18 heavy (non-hydrogen) atoms. The fourth-order valence-corrected chi connectivity index (χ4v) is 1.89. The minimum absolute atomic E-state index is 0.0363. The molecule has 0 saturated carbocycles. The highest BCUT2D eigenvalue weighted by atomic mass is 16.3. The number of aryl methyl sites for hydroxylation is 1. The van der Waals surface area contributed by atoms with Gasteiger partial charge in [-0.25, -0.2) is 0 Å². The molecule has 1 heterocycles. The van der Waals surface area contributed by atoms with Gasteiger partial charge in [-0.15, -0.1) is 0 Å². The van der Waals surface area contributed by atoms with Crippen molar-refractivity contribution in [1.29, 1.82) is 0 Å². The van der Waals surface area contributed by atoms with Gasteiger partial charge in [0, 0.05) is 18.9 Å². The van der Waals surface area contributed by atoms with Crippen LogP contribution in [0.15, 0.2) is 48.8 Å². The third kappa shape index (κ3) is 3.15. The van der Waals surface area contributed by atoms with E-state index in [0.717, 1.165) is 11.1 Å². The number of benzene rings is 1. The van der Waals surface area contributed by atoms with Gasteiger partial charge in [0.1, 0.15) is 0 Å². The van der Waals surface area contributed by atoms with Gasteiger partial charge in [0.2, 0.25) is 0 Å². The molecule has 0 saturated heterocycles. The lowest BCUT2D eigenvalue weighted by molar-refractivity contribution is 0.243. The molecule has 1 atom stereocenters. The van der Waals surface area contributed by atoms with E-state index in [1.807, 2.05) is 42.6 Å². The van der Waals surface area contributed by atoms with Gasteiger partial charge < -0.3 is 10.4 Å². The third-order valence-electron chi connectivity index (χ3n) is 3.07. The molecule has 2 N–H and O–H groups in total. The highest BCUT2D eigenvalue weighted by Gasteiger charge is 2.09. The smallest absolute Gasteiger partial charge is 0.0626 e. The number of hydrogen-bond donors (Lipinski definition) is 2. The standard InChI is InChI=1S/C15H18N2O/c1-12-7-8-16-9-14(12)10-17-15(11-18)13-5-3-2-4-6-13/h2-9,15,17-18H,10-11H2,1H3/t15-/m1/s1. The van der Waals surface area contributed by atoms with Crippen LogP contribution in [0, 0.1) is 6.92 Å². The van der Waals surface area contributed by atoms with Gasteiger partial charge >= 0.3 is 0 Å². The number of rotatable bonds is 5. The molecule has 1 aromatic carbocycles. The van der Waals surface area contributed by atoms with Crippen LogP contribution in [-0.2, 0) is 6.54 Å². The van der Waals surface area contributed by atoms with Gasteiger partial charge in [0.15, 0.2) is 0 Å². The van der Waals surface area contributed by atoms with Crippen LogP contribution >= 0.6 is 0 Å². The number of aliphatic hydroxyl groups is 1. The Morgan fingerprint density at radius 3 is 2.67 bits per heavy atom. The van der Waals surface area contributed by atoms with E-state index in [2.05, 4.69) is 17.2 Å². The highest BCUT2D eigenvalue weighted by molar-refractivity contribution is 5.23. The van der Waals surface area contributed by atoms with Crippen LogP contribution < -0.4 is 5.32 Å². The van der Waals surface area contributed by atoms with Gasteiger partial charge in [0.05, 0.1) is 12.6 Å². The fourth-order valence-electron chi connectivity index (χ4n) is 1.89. The average Bonchev–Trinajstić information content (AvgIpc) is 2.42.